The molecule has 0 saturated heterocycles. The molecule has 0 radical (unpaired) electrons. The zero-order chi connectivity index (χ0) is 22.5. The Kier molecular flexibility index (Phi) is 4.72. The normalized spacial score (nSPS) is 15.8. The smallest absolute Gasteiger partial charge is 0.274 e. The molecule has 0 unspecified atom stereocenters. The lowest BCUT2D eigenvalue weighted by atomic mass is 10.0. The third-order valence-corrected chi connectivity index (χ3v) is 6.35. The molecule has 1 aliphatic heterocycles. The fourth-order valence-corrected chi connectivity index (χ4v) is 4.49. The van der Waals surface area contributed by atoms with Gasteiger partial charge in [0, 0.05) is 61.9 Å². The van der Waals surface area contributed by atoms with E-state index in [1.54, 1.807) is 7.11 Å². The maximum Gasteiger partial charge on any atom is 0.274 e. The quantitative estimate of drug-likeness (QED) is 0.468. The molecule has 0 spiro atoms. The van der Waals surface area contributed by atoms with Gasteiger partial charge in [0.25, 0.3) is 5.56 Å². The van der Waals surface area contributed by atoms with Crippen LogP contribution in [0.3, 0.4) is 0 Å². The summed E-state index contributed by atoms with van der Waals surface area (Å²) in [6.07, 6.45) is 9.25. The number of ether oxygens (including phenoxy) is 1. The van der Waals surface area contributed by atoms with Gasteiger partial charge in [0.15, 0.2) is 11.5 Å². The summed E-state index contributed by atoms with van der Waals surface area (Å²) in [6, 6.07) is 6.17. The second kappa shape index (κ2) is 7.77. The highest BCUT2D eigenvalue weighted by Gasteiger charge is 2.25. The lowest BCUT2D eigenvalue weighted by molar-refractivity contribution is 0.181. The molecule has 0 atom stereocenters. The van der Waals surface area contributed by atoms with Crippen LogP contribution < -0.4 is 10.5 Å². The van der Waals surface area contributed by atoms with Crippen molar-refractivity contribution in [3.63, 3.8) is 0 Å². The lowest BCUT2D eigenvalue weighted by Gasteiger charge is -2.30. The highest BCUT2D eigenvalue weighted by molar-refractivity contribution is 5.63. The van der Waals surface area contributed by atoms with E-state index in [0.717, 1.165) is 41.2 Å². The third-order valence-electron chi connectivity index (χ3n) is 6.35. The molecule has 0 aromatic carbocycles. The number of aryl methyl sites for hydroxylation is 1. The summed E-state index contributed by atoms with van der Waals surface area (Å²) in [5.74, 6) is 0.795. The molecule has 1 saturated carbocycles. The Hall–Kier alpha value is -3.59. The maximum atomic E-state index is 12.6. The second-order valence-electron chi connectivity index (χ2n) is 8.88. The molecule has 168 valence electrons. The van der Waals surface area contributed by atoms with E-state index >= 15 is 0 Å². The van der Waals surface area contributed by atoms with E-state index < -0.39 is 0 Å². The molecule has 9 nitrogen and oxygen atoms in total. The Morgan fingerprint density at radius 1 is 1.15 bits per heavy atom. The average molecular weight is 444 g/mol. The van der Waals surface area contributed by atoms with Crippen LogP contribution in [0.15, 0.2) is 41.6 Å². The topological polar surface area (TPSA) is 90.4 Å². The summed E-state index contributed by atoms with van der Waals surface area (Å²) in [4.78, 5) is 24.1. The van der Waals surface area contributed by atoms with Crippen LogP contribution in [0.1, 0.15) is 41.4 Å². The van der Waals surface area contributed by atoms with Crippen molar-refractivity contribution in [2.24, 2.45) is 0 Å². The van der Waals surface area contributed by atoms with Gasteiger partial charge in [-0.3, -0.25) is 14.5 Å². The van der Waals surface area contributed by atoms with Gasteiger partial charge in [-0.15, -0.1) is 5.10 Å². The minimum atomic E-state index is -0.206. The van der Waals surface area contributed by atoms with Crippen LogP contribution in [0.25, 0.3) is 16.8 Å². The molecule has 0 amide bonds. The number of rotatable bonds is 5. The first-order chi connectivity index (χ1) is 16.1. The first-order valence-electron chi connectivity index (χ1n) is 11.3. The van der Waals surface area contributed by atoms with E-state index in [0.29, 0.717) is 30.5 Å². The Labute approximate surface area is 190 Å². The Morgan fingerprint density at radius 2 is 2.03 bits per heavy atom. The largest absolute Gasteiger partial charge is 0.378 e. The predicted molar refractivity (Wildman–Crippen MR) is 123 cm³/mol. The van der Waals surface area contributed by atoms with Crippen molar-refractivity contribution in [2.45, 2.75) is 45.4 Å². The first kappa shape index (κ1) is 20.0. The molecule has 1 aliphatic carbocycles. The summed E-state index contributed by atoms with van der Waals surface area (Å²) >= 11 is 0. The van der Waals surface area contributed by atoms with Crippen LogP contribution in [0.4, 0.5) is 5.82 Å². The molecule has 0 N–H and O–H groups in total. The van der Waals surface area contributed by atoms with Gasteiger partial charge in [-0.2, -0.15) is 9.61 Å². The standard InChI is InChI=1S/C24H25N7O2/c1-15-7-22-27-19(14-33-2)9-23(32)31(22)28-24(15)29-6-5-21-17(12-29)8-16(10-25-21)18-11-26-30(13-18)20-3-4-20/h7-11,13,20H,3-6,12,14H2,1-2H3. The summed E-state index contributed by atoms with van der Waals surface area (Å²) in [7, 11) is 1.59. The molecule has 33 heavy (non-hydrogen) atoms. The van der Waals surface area contributed by atoms with Crippen molar-refractivity contribution in [2.75, 3.05) is 18.6 Å². The fraction of sp³-hybridized carbons (Fsp3) is 0.375. The van der Waals surface area contributed by atoms with Crippen LogP contribution >= 0.6 is 0 Å². The van der Waals surface area contributed by atoms with Gasteiger partial charge in [-0.05, 0) is 43.0 Å². The third kappa shape index (κ3) is 3.68. The molecule has 1 fully saturated rings. The number of nitrogens with zero attached hydrogens (tertiary/aromatic N) is 7. The van der Waals surface area contributed by atoms with Crippen molar-refractivity contribution >= 4 is 11.5 Å². The zero-order valence-electron chi connectivity index (χ0n) is 18.7. The van der Waals surface area contributed by atoms with Gasteiger partial charge >= 0.3 is 0 Å². The number of hydrogen-bond donors (Lipinski definition) is 0. The second-order valence-corrected chi connectivity index (χ2v) is 8.88. The van der Waals surface area contributed by atoms with Gasteiger partial charge in [-0.1, -0.05) is 0 Å². The van der Waals surface area contributed by atoms with Crippen LogP contribution in [0.2, 0.25) is 0 Å². The van der Waals surface area contributed by atoms with E-state index in [1.165, 1.54) is 29.0 Å². The summed E-state index contributed by atoms with van der Waals surface area (Å²) < 4.78 is 8.56. The Morgan fingerprint density at radius 3 is 2.85 bits per heavy atom. The molecule has 9 heteroatoms. The van der Waals surface area contributed by atoms with Crippen molar-refractivity contribution < 1.29 is 4.74 Å². The molecule has 6 rings (SSSR count). The van der Waals surface area contributed by atoms with Crippen molar-refractivity contribution in [3.8, 4) is 11.1 Å². The fourth-order valence-electron chi connectivity index (χ4n) is 4.49. The van der Waals surface area contributed by atoms with E-state index in [4.69, 9.17) is 9.72 Å². The zero-order valence-corrected chi connectivity index (χ0v) is 18.7. The SMILES string of the molecule is COCc1cc(=O)n2nc(N3CCc4ncc(-c5cnn(C6CC6)c5)cc4C3)c(C)cc2n1. The van der Waals surface area contributed by atoms with Gasteiger partial charge in [0.2, 0.25) is 0 Å². The summed E-state index contributed by atoms with van der Waals surface area (Å²) in [5, 5.41) is 9.19. The van der Waals surface area contributed by atoms with Crippen molar-refractivity contribution in [1.82, 2.24) is 29.4 Å². The number of aromatic nitrogens is 6. The minimum Gasteiger partial charge on any atom is -0.378 e. The molecule has 2 aliphatic rings. The van der Waals surface area contributed by atoms with E-state index in [9.17, 15) is 4.79 Å². The lowest BCUT2D eigenvalue weighted by Crippen LogP contribution is -2.33. The number of fused-ring (bicyclic) bond motifs is 2. The van der Waals surface area contributed by atoms with Crippen LogP contribution in [0.5, 0.6) is 0 Å². The highest BCUT2D eigenvalue weighted by Crippen LogP contribution is 2.35. The van der Waals surface area contributed by atoms with E-state index in [-0.39, 0.29) is 5.56 Å². The Bertz CT molecular complexity index is 1420. The van der Waals surface area contributed by atoms with Crippen LogP contribution in [-0.2, 0) is 24.3 Å². The van der Waals surface area contributed by atoms with Gasteiger partial charge in [0.05, 0.1) is 24.5 Å². The van der Waals surface area contributed by atoms with Crippen molar-refractivity contribution in [1.29, 1.82) is 0 Å². The van der Waals surface area contributed by atoms with Gasteiger partial charge in [-0.25, -0.2) is 4.98 Å². The predicted octanol–water partition coefficient (Wildman–Crippen LogP) is 2.70. The summed E-state index contributed by atoms with van der Waals surface area (Å²) in [6.45, 7) is 3.79. The maximum absolute atomic E-state index is 12.6. The van der Waals surface area contributed by atoms with E-state index in [2.05, 4.69) is 37.0 Å². The van der Waals surface area contributed by atoms with Crippen molar-refractivity contribution in [3.05, 3.63) is 69.7 Å². The molecule has 0 bridgehead atoms. The Balaban J connectivity index is 1.32. The number of pyridine rings is 1. The monoisotopic (exact) mass is 443 g/mol. The molecular weight excluding hydrogens is 418 g/mol. The number of methoxy groups -OCH3 is 1. The van der Waals surface area contributed by atoms with Gasteiger partial charge in [0.1, 0.15) is 0 Å². The summed E-state index contributed by atoms with van der Waals surface area (Å²) in [5.41, 5.74) is 6.38. The average Bonchev–Trinajstić information content (AvgIpc) is 3.54. The minimum absolute atomic E-state index is 0.206. The molecule has 5 heterocycles. The molecular formula is C24H25N7O2. The molecule has 4 aromatic heterocycles. The molecule has 4 aromatic rings. The van der Waals surface area contributed by atoms with E-state index in [1.807, 2.05) is 25.4 Å². The van der Waals surface area contributed by atoms with Gasteiger partial charge < -0.3 is 9.64 Å². The highest BCUT2D eigenvalue weighted by atomic mass is 16.5. The van der Waals surface area contributed by atoms with Crippen LogP contribution in [0, 0.1) is 6.92 Å². The number of hydrogen-bond acceptors (Lipinski definition) is 7. The number of anilines is 1. The first-order valence-corrected chi connectivity index (χ1v) is 11.3. The van der Waals surface area contributed by atoms with Crippen LogP contribution in [-0.4, -0.2) is 43.0 Å².